The molecule has 3 N–H and O–H groups in total. The van der Waals surface area contributed by atoms with Crippen LogP contribution in [0.3, 0.4) is 0 Å². The van der Waals surface area contributed by atoms with Crippen molar-refractivity contribution in [3.8, 4) is 0 Å². The molecule has 0 fully saturated rings. The van der Waals surface area contributed by atoms with Crippen LogP contribution in [0.4, 0.5) is 0 Å². The summed E-state index contributed by atoms with van der Waals surface area (Å²) in [5, 5.41) is 1.28. The number of aromatic nitrogens is 1. The fourth-order valence-electron chi connectivity index (χ4n) is 2.05. The molecule has 2 heterocycles. The highest BCUT2D eigenvalue weighted by Gasteiger charge is 2.16. The maximum Gasteiger partial charge on any atom is 0.143 e. The molecule has 2 aromatic rings. The van der Waals surface area contributed by atoms with Gasteiger partial charge in [0.2, 0.25) is 0 Å². The van der Waals surface area contributed by atoms with Gasteiger partial charge in [0.15, 0.2) is 0 Å². The number of nitrogens with zero attached hydrogens (tertiary/aromatic N) is 1. The first-order valence-corrected chi connectivity index (χ1v) is 4.96. The molecule has 0 saturated heterocycles. The van der Waals surface area contributed by atoms with E-state index < -0.39 is 0 Å². The molecule has 4 nitrogen and oxygen atoms in total. The van der Waals surface area contributed by atoms with Crippen LogP contribution in [0, 0.1) is 0 Å². The minimum atomic E-state index is 0.737. The topological polar surface area (TPSA) is 52.2 Å². The molecule has 0 bridgehead atoms. The zero-order chi connectivity index (χ0) is 10.3. The molecule has 0 saturated carbocycles. The molecule has 1 aliphatic heterocycles. The molecular formula is C11H12N4. The van der Waals surface area contributed by atoms with Crippen molar-refractivity contribution in [2.45, 2.75) is 6.54 Å². The highest BCUT2D eigenvalue weighted by molar-refractivity contribution is 6.11. The smallest absolute Gasteiger partial charge is 0.143 e. The monoisotopic (exact) mass is 200 g/mol. The van der Waals surface area contributed by atoms with Crippen LogP contribution in [-0.4, -0.2) is 17.9 Å². The Labute approximate surface area is 87.4 Å². The van der Waals surface area contributed by atoms with Crippen molar-refractivity contribution in [3.63, 3.8) is 0 Å². The summed E-state index contributed by atoms with van der Waals surface area (Å²) >= 11 is 0. The van der Waals surface area contributed by atoms with Crippen molar-refractivity contribution >= 4 is 16.7 Å². The van der Waals surface area contributed by atoms with Gasteiger partial charge in [-0.1, -0.05) is 12.1 Å². The summed E-state index contributed by atoms with van der Waals surface area (Å²) in [6.07, 6.45) is 2.04. The first-order chi connectivity index (χ1) is 7.40. The largest absolute Gasteiger partial charge is 0.361 e. The van der Waals surface area contributed by atoms with Crippen molar-refractivity contribution in [1.29, 1.82) is 0 Å². The predicted molar refractivity (Wildman–Crippen MR) is 60.7 cm³/mol. The van der Waals surface area contributed by atoms with Gasteiger partial charge in [-0.05, 0) is 11.6 Å². The summed E-state index contributed by atoms with van der Waals surface area (Å²) in [6.45, 7) is 0.737. The van der Waals surface area contributed by atoms with Gasteiger partial charge in [0, 0.05) is 29.7 Å². The number of aliphatic imine (C=N–C) groups is 1. The minimum Gasteiger partial charge on any atom is -0.361 e. The number of H-pyrrole nitrogens is 1. The van der Waals surface area contributed by atoms with E-state index in [1.165, 1.54) is 16.5 Å². The first kappa shape index (κ1) is 8.49. The molecule has 1 aliphatic rings. The molecule has 15 heavy (non-hydrogen) atoms. The maximum absolute atomic E-state index is 4.48. The van der Waals surface area contributed by atoms with Crippen molar-refractivity contribution in [2.75, 3.05) is 7.05 Å². The van der Waals surface area contributed by atoms with Gasteiger partial charge < -0.3 is 10.4 Å². The maximum atomic E-state index is 4.48. The number of amidine groups is 1. The second-order valence-electron chi connectivity index (χ2n) is 3.58. The van der Waals surface area contributed by atoms with Gasteiger partial charge in [0.25, 0.3) is 0 Å². The van der Waals surface area contributed by atoms with Gasteiger partial charge in [-0.2, -0.15) is 0 Å². The molecule has 76 valence electrons. The Balaban J connectivity index is 2.25. The molecule has 3 rings (SSSR count). The molecule has 0 amide bonds. The van der Waals surface area contributed by atoms with Gasteiger partial charge in [-0.25, -0.2) is 5.43 Å². The van der Waals surface area contributed by atoms with Crippen molar-refractivity contribution in [2.24, 2.45) is 4.99 Å². The molecule has 0 spiro atoms. The second-order valence-corrected chi connectivity index (χ2v) is 3.58. The second kappa shape index (κ2) is 3.10. The number of benzene rings is 1. The fourth-order valence-corrected chi connectivity index (χ4v) is 2.05. The summed E-state index contributed by atoms with van der Waals surface area (Å²) in [5.74, 6) is 0.912. The van der Waals surface area contributed by atoms with E-state index in [-0.39, 0.29) is 0 Å². The van der Waals surface area contributed by atoms with E-state index in [1.54, 1.807) is 0 Å². The lowest BCUT2D eigenvalue weighted by Crippen LogP contribution is -2.35. The molecule has 0 radical (unpaired) electrons. The molecule has 0 unspecified atom stereocenters. The normalized spacial score (nSPS) is 14.1. The third-order valence-electron chi connectivity index (χ3n) is 2.69. The van der Waals surface area contributed by atoms with Crippen LogP contribution in [-0.2, 0) is 6.54 Å². The lowest BCUT2D eigenvalue weighted by atomic mass is 10.0. The zero-order valence-electron chi connectivity index (χ0n) is 8.46. The van der Waals surface area contributed by atoms with E-state index in [0.717, 1.165) is 17.9 Å². The van der Waals surface area contributed by atoms with Crippen LogP contribution in [0.25, 0.3) is 10.9 Å². The third-order valence-corrected chi connectivity index (χ3v) is 2.69. The quantitative estimate of drug-likeness (QED) is 0.605. The van der Waals surface area contributed by atoms with E-state index in [4.69, 9.17) is 0 Å². The van der Waals surface area contributed by atoms with Crippen LogP contribution < -0.4 is 10.9 Å². The number of rotatable bonds is 1. The number of hydrogen-bond acceptors (Lipinski definition) is 3. The van der Waals surface area contributed by atoms with Crippen LogP contribution in [0.1, 0.15) is 11.1 Å². The molecule has 4 heteroatoms. The van der Waals surface area contributed by atoms with Crippen LogP contribution in [0.5, 0.6) is 0 Å². The summed E-state index contributed by atoms with van der Waals surface area (Å²) in [7, 11) is 1.84. The minimum absolute atomic E-state index is 0.737. The Kier molecular flexibility index (Phi) is 1.76. The lowest BCUT2D eigenvalue weighted by molar-refractivity contribution is 0.761. The Morgan fingerprint density at radius 2 is 2.33 bits per heavy atom. The summed E-state index contributed by atoms with van der Waals surface area (Å²) < 4.78 is 0. The Bertz CT molecular complexity index is 539. The average molecular weight is 200 g/mol. The number of hydrazine groups is 1. The number of nitrogens with one attached hydrogen (secondary N) is 3. The number of aromatic amines is 1. The van der Waals surface area contributed by atoms with Crippen LogP contribution in [0.2, 0.25) is 0 Å². The van der Waals surface area contributed by atoms with Gasteiger partial charge in [0.1, 0.15) is 5.84 Å². The predicted octanol–water partition coefficient (Wildman–Crippen LogP) is 1.15. The van der Waals surface area contributed by atoms with E-state index in [0.29, 0.717) is 0 Å². The van der Waals surface area contributed by atoms with Gasteiger partial charge in [-0.3, -0.25) is 4.99 Å². The van der Waals surface area contributed by atoms with Crippen molar-refractivity contribution in [3.05, 3.63) is 35.5 Å². The Morgan fingerprint density at radius 3 is 3.20 bits per heavy atom. The highest BCUT2D eigenvalue weighted by Crippen LogP contribution is 2.26. The van der Waals surface area contributed by atoms with E-state index in [9.17, 15) is 0 Å². The van der Waals surface area contributed by atoms with Crippen LogP contribution >= 0.6 is 0 Å². The number of hydrogen-bond donors (Lipinski definition) is 3. The van der Waals surface area contributed by atoms with E-state index >= 15 is 0 Å². The third kappa shape index (κ3) is 1.15. The Morgan fingerprint density at radius 1 is 1.40 bits per heavy atom. The van der Waals surface area contributed by atoms with Gasteiger partial charge >= 0.3 is 0 Å². The SMILES string of the molecule is CNNC1=NCc2c[nH]c3cccc1c23. The van der Waals surface area contributed by atoms with E-state index in [2.05, 4.69) is 33.0 Å². The molecule has 1 aromatic carbocycles. The van der Waals surface area contributed by atoms with Gasteiger partial charge in [0.05, 0.1) is 6.54 Å². The van der Waals surface area contributed by atoms with E-state index in [1.807, 2.05) is 19.3 Å². The molecule has 1 aromatic heterocycles. The molecular weight excluding hydrogens is 188 g/mol. The Hall–Kier alpha value is -1.81. The van der Waals surface area contributed by atoms with Gasteiger partial charge in [-0.15, -0.1) is 0 Å². The fraction of sp³-hybridized carbons (Fsp3) is 0.182. The van der Waals surface area contributed by atoms with Crippen molar-refractivity contribution < 1.29 is 0 Å². The highest BCUT2D eigenvalue weighted by atomic mass is 15.4. The standard InChI is InChI=1S/C11H12N4/c1-12-15-11-8-3-2-4-9-10(8)7(5-13-9)6-14-11/h2-5,12-13H,6H2,1H3,(H,14,15). The zero-order valence-corrected chi connectivity index (χ0v) is 8.46. The van der Waals surface area contributed by atoms with Crippen molar-refractivity contribution in [1.82, 2.24) is 15.8 Å². The van der Waals surface area contributed by atoms with Crippen LogP contribution in [0.15, 0.2) is 29.4 Å². The average Bonchev–Trinajstić information content (AvgIpc) is 2.68. The summed E-state index contributed by atoms with van der Waals surface area (Å²) in [5.41, 5.74) is 9.57. The summed E-state index contributed by atoms with van der Waals surface area (Å²) in [4.78, 5) is 7.74. The lowest BCUT2D eigenvalue weighted by Gasteiger charge is -2.14. The molecule has 0 aliphatic carbocycles. The summed E-state index contributed by atoms with van der Waals surface area (Å²) in [6, 6.07) is 6.21. The molecule has 0 atom stereocenters. The first-order valence-electron chi connectivity index (χ1n) is 4.96.